The minimum atomic E-state index is -2.40. The Morgan fingerprint density at radius 3 is 2.30 bits per heavy atom. The van der Waals surface area contributed by atoms with Crippen LogP contribution in [0.3, 0.4) is 0 Å². The van der Waals surface area contributed by atoms with Gasteiger partial charge in [-0.2, -0.15) is 0 Å². The van der Waals surface area contributed by atoms with E-state index < -0.39 is 6.43 Å². The number of alkyl halides is 2. The fourth-order valence-electron chi connectivity index (χ4n) is 3.43. The van der Waals surface area contributed by atoms with Crippen LogP contribution in [0.25, 0.3) is 0 Å². The number of likely N-dealkylation sites (tertiary alicyclic amines) is 1. The minimum Gasteiger partial charge on any atom is -0.330 e. The van der Waals surface area contributed by atoms with Crippen LogP contribution in [0, 0.1) is 5.92 Å². The second-order valence-electron chi connectivity index (χ2n) is 6.25. The summed E-state index contributed by atoms with van der Waals surface area (Å²) in [5, 5.41) is 0. The van der Waals surface area contributed by atoms with Crippen LogP contribution in [0.2, 0.25) is 0 Å². The highest BCUT2D eigenvalue weighted by Crippen LogP contribution is 2.32. The molecule has 0 bridgehead atoms. The summed E-state index contributed by atoms with van der Waals surface area (Å²) < 4.78 is 25.2. The Morgan fingerprint density at radius 1 is 1.00 bits per heavy atom. The van der Waals surface area contributed by atoms with Gasteiger partial charge in [0.25, 0.3) is 6.43 Å². The third-order valence-electron chi connectivity index (χ3n) is 4.68. The lowest BCUT2D eigenvalue weighted by Gasteiger charge is -2.17. The maximum absolute atomic E-state index is 12.6. The molecule has 0 aromatic heterocycles. The molecule has 2 aromatic carbocycles. The van der Waals surface area contributed by atoms with E-state index in [0.717, 1.165) is 25.2 Å². The summed E-state index contributed by atoms with van der Waals surface area (Å²) in [6.07, 6.45) is -2.40. The van der Waals surface area contributed by atoms with Gasteiger partial charge in [-0.25, -0.2) is 8.78 Å². The van der Waals surface area contributed by atoms with E-state index in [4.69, 9.17) is 5.73 Å². The lowest BCUT2D eigenvalue weighted by atomic mass is 9.89. The van der Waals surface area contributed by atoms with Crippen molar-refractivity contribution in [2.24, 2.45) is 11.7 Å². The highest BCUT2D eigenvalue weighted by Gasteiger charge is 2.32. The Hall–Kier alpha value is -1.78. The highest BCUT2D eigenvalue weighted by atomic mass is 19.3. The summed E-state index contributed by atoms with van der Waals surface area (Å²) in [5.41, 5.74) is 8.44. The SMILES string of the molecule is NC[C@@H]1CN(Cc2ccc(C(F)F)cc2)C[C@H]1c1ccccc1. The molecular formula is C19H22F2N2. The Bertz CT molecular complexity index is 613. The maximum Gasteiger partial charge on any atom is 0.263 e. The molecule has 2 N–H and O–H groups in total. The summed E-state index contributed by atoms with van der Waals surface area (Å²) in [6.45, 7) is 3.36. The summed E-state index contributed by atoms with van der Waals surface area (Å²) in [6, 6.07) is 17.1. The number of nitrogens with zero attached hydrogens (tertiary/aromatic N) is 1. The molecule has 1 fully saturated rings. The van der Waals surface area contributed by atoms with Crippen molar-refractivity contribution in [1.29, 1.82) is 0 Å². The average Bonchev–Trinajstić information content (AvgIpc) is 2.99. The molecule has 1 saturated heterocycles. The van der Waals surface area contributed by atoms with E-state index in [9.17, 15) is 8.78 Å². The van der Waals surface area contributed by atoms with E-state index in [1.807, 2.05) is 6.07 Å². The van der Waals surface area contributed by atoms with Gasteiger partial charge in [-0.1, -0.05) is 54.6 Å². The molecule has 0 saturated carbocycles. The summed E-state index contributed by atoms with van der Waals surface area (Å²) in [5.74, 6) is 0.888. The predicted molar refractivity (Wildman–Crippen MR) is 88.4 cm³/mol. The molecular weight excluding hydrogens is 294 g/mol. The van der Waals surface area contributed by atoms with Gasteiger partial charge < -0.3 is 5.73 Å². The van der Waals surface area contributed by atoms with Gasteiger partial charge in [-0.15, -0.1) is 0 Å². The molecule has 0 radical (unpaired) electrons. The Balaban J connectivity index is 1.68. The number of rotatable bonds is 5. The molecule has 4 heteroatoms. The van der Waals surface area contributed by atoms with E-state index in [1.54, 1.807) is 12.1 Å². The predicted octanol–water partition coefficient (Wildman–Crippen LogP) is 3.80. The first kappa shape index (κ1) is 16.1. The van der Waals surface area contributed by atoms with E-state index in [-0.39, 0.29) is 5.56 Å². The van der Waals surface area contributed by atoms with Gasteiger partial charge in [0.1, 0.15) is 0 Å². The van der Waals surface area contributed by atoms with E-state index in [2.05, 4.69) is 29.2 Å². The van der Waals surface area contributed by atoms with Crippen LogP contribution in [0.15, 0.2) is 54.6 Å². The van der Waals surface area contributed by atoms with E-state index in [0.29, 0.717) is 18.4 Å². The van der Waals surface area contributed by atoms with Crippen molar-refractivity contribution >= 4 is 0 Å². The maximum atomic E-state index is 12.6. The van der Waals surface area contributed by atoms with Gasteiger partial charge in [0.05, 0.1) is 0 Å². The van der Waals surface area contributed by atoms with E-state index >= 15 is 0 Å². The van der Waals surface area contributed by atoms with Crippen molar-refractivity contribution in [2.75, 3.05) is 19.6 Å². The van der Waals surface area contributed by atoms with Crippen LogP contribution in [-0.2, 0) is 6.54 Å². The van der Waals surface area contributed by atoms with Gasteiger partial charge in [0, 0.05) is 31.1 Å². The first-order valence-electron chi connectivity index (χ1n) is 8.01. The van der Waals surface area contributed by atoms with Crippen LogP contribution < -0.4 is 5.73 Å². The van der Waals surface area contributed by atoms with Crippen molar-refractivity contribution < 1.29 is 8.78 Å². The Kier molecular flexibility index (Phi) is 5.03. The van der Waals surface area contributed by atoms with Crippen molar-refractivity contribution in [3.05, 3.63) is 71.3 Å². The van der Waals surface area contributed by atoms with E-state index in [1.165, 1.54) is 17.7 Å². The Labute approximate surface area is 135 Å². The van der Waals surface area contributed by atoms with Crippen LogP contribution in [0.1, 0.15) is 29.0 Å². The number of benzene rings is 2. The molecule has 1 aliphatic rings. The average molecular weight is 316 g/mol. The lowest BCUT2D eigenvalue weighted by Crippen LogP contribution is -2.23. The molecule has 23 heavy (non-hydrogen) atoms. The molecule has 2 aromatic rings. The molecule has 1 aliphatic heterocycles. The molecule has 0 spiro atoms. The molecule has 2 nitrogen and oxygen atoms in total. The van der Waals surface area contributed by atoms with Crippen LogP contribution in [0.4, 0.5) is 8.78 Å². The molecule has 1 heterocycles. The molecule has 3 rings (SSSR count). The largest absolute Gasteiger partial charge is 0.330 e. The molecule has 122 valence electrons. The number of nitrogens with two attached hydrogens (primary N) is 1. The monoisotopic (exact) mass is 316 g/mol. The fourth-order valence-corrected chi connectivity index (χ4v) is 3.43. The van der Waals surface area contributed by atoms with Gasteiger partial charge in [0.2, 0.25) is 0 Å². The van der Waals surface area contributed by atoms with Crippen molar-refractivity contribution in [3.8, 4) is 0 Å². The minimum absolute atomic E-state index is 0.0807. The van der Waals surface area contributed by atoms with Crippen LogP contribution >= 0.6 is 0 Å². The van der Waals surface area contributed by atoms with Crippen LogP contribution in [0.5, 0.6) is 0 Å². The first-order valence-corrected chi connectivity index (χ1v) is 8.01. The van der Waals surface area contributed by atoms with Gasteiger partial charge >= 0.3 is 0 Å². The Morgan fingerprint density at radius 2 is 1.70 bits per heavy atom. The van der Waals surface area contributed by atoms with Gasteiger partial charge in [-0.3, -0.25) is 4.90 Å². The van der Waals surface area contributed by atoms with Crippen molar-refractivity contribution in [1.82, 2.24) is 4.90 Å². The fraction of sp³-hybridized carbons (Fsp3) is 0.368. The smallest absolute Gasteiger partial charge is 0.263 e. The topological polar surface area (TPSA) is 29.3 Å². The lowest BCUT2D eigenvalue weighted by molar-refractivity contribution is 0.151. The quantitative estimate of drug-likeness (QED) is 0.909. The first-order chi connectivity index (χ1) is 11.2. The standard InChI is InChI=1S/C19H22F2N2/c20-19(21)16-8-6-14(7-9-16)11-23-12-17(10-22)18(13-23)15-4-2-1-3-5-15/h1-9,17-19H,10-13,22H2/t17-,18+/m1/s1. The third-order valence-corrected chi connectivity index (χ3v) is 4.68. The number of halogens is 2. The number of hydrogen-bond acceptors (Lipinski definition) is 2. The zero-order valence-electron chi connectivity index (χ0n) is 13.0. The second kappa shape index (κ2) is 7.20. The van der Waals surface area contributed by atoms with Gasteiger partial charge in [-0.05, 0) is 23.6 Å². The normalized spacial score (nSPS) is 21.9. The molecule has 0 aliphatic carbocycles. The van der Waals surface area contributed by atoms with Crippen LogP contribution in [-0.4, -0.2) is 24.5 Å². The summed E-state index contributed by atoms with van der Waals surface area (Å²) in [7, 11) is 0. The van der Waals surface area contributed by atoms with Crippen molar-refractivity contribution in [3.63, 3.8) is 0 Å². The molecule has 0 unspecified atom stereocenters. The third kappa shape index (κ3) is 3.77. The molecule has 2 atom stereocenters. The zero-order valence-corrected chi connectivity index (χ0v) is 13.0. The van der Waals surface area contributed by atoms with Gasteiger partial charge in [0.15, 0.2) is 0 Å². The second-order valence-corrected chi connectivity index (χ2v) is 6.25. The van der Waals surface area contributed by atoms with Crippen molar-refractivity contribution in [2.45, 2.75) is 18.9 Å². The molecule has 0 amide bonds. The number of hydrogen-bond donors (Lipinski definition) is 1. The summed E-state index contributed by atoms with van der Waals surface area (Å²) >= 11 is 0. The zero-order chi connectivity index (χ0) is 16.2. The summed E-state index contributed by atoms with van der Waals surface area (Å²) in [4.78, 5) is 2.37. The highest BCUT2D eigenvalue weighted by molar-refractivity contribution is 5.25.